The number of carbonyl (C=O) groups excluding carboxylic acids is 2. The van der Waals surface area contributed by atoms with Crippen molar-refractivity contribution in [2.45, 2.75) is 19.2 Å². The van der Waals surface area contributed by atoms with Crippen molar-refractivity contribution in [1.29, 1.82) is 0 Å². The van der Waals surface area contributed by atoms with E-state index >= 15 is 0 Å². The van der Waals surface area contributed by atoms with E-state index < -0.39 is 34.6 Å². The molecule has 0 bridgehead atoms. The van der Waals surface area contributed by atoms with Gasteiger partial charge in [-0.1, -0.05) is 23.7 Å². The van der Waals surface area contributed by atoms with E-state index in [0.29, 0.717) is 0 Å². The van der Waals surface area contributed by atoms with Crippen LogP contribution in [0.2, 0.25) is 5.02 Å². The van der Waals surface area contributed by atoms with Crippen molar-refractivity contribution in [3.63, 3.8) is 0 Å². The molecule has 0 aliphatic carbocycles. The van der Waals surface area contributed by atoms with E-state index in [4.69, 9.17) is 16.3 Å². The van der Waals surface area contributed by atoms with Crippen molar-refractivity contribution in [3.05, 3.63) is 74.8 Å². The molecule has 0 saturated carbocycles. The first-order valence-electron chi connectivity index (χ1n) is 8.28. The number of hydrogen-bond acceptors (Lipinski definition) is 5. The molecule has 1 unspecified atom stereocenters. The summed E-state index contributed by atoms with van der Waals surface area (Å²) in [4.78, 5) is 34.0. The number of rotatable bonds is 6. The van der Waals surface area contributed by atoms with Gasteiger partial charge in [-0.3, -0.25) is 14.9 Å². The maximum absolute atomic E-state index is 12.7. The molecule has 2 rings (SSSR count). The number of non-ortho nitro benzene ring substituents is 1. The van der Waals surface area contributed by atoms with Crippen molar-refractivity contribution in [1.82, 2.24) is 0 Å². The quantitative estimate of drug-likeness (QED) is 0.298. The molecule has 0 aliphatic rings. The molecule has 11 heteroatoms. The Morgan fingerprint density at radius 3 is 2.53 bits per heavy atom. The summed E-state index contributed by atoms with van der Waals surface area (Å²) in [7, 11) is 0. The lowest BCUT2D eigenvalue weighted by Gasteiger charge is -2.13. The molecule has 0 aromatic heterocycles. The molecule has 0 saturated heterocycles. The second kappa shape index (κ2) is 9.40. The summed E-state index contributed by atoms with van der Waals surface area (Å²) in [6.07, 6.45) is -3.78. The zero-order valence-corrected chi connectivity index (χ0v) is 16.0. The van der Waals surface area contributed by atoms with Crippen LogP contribution in [0.3, 0.4) is 0 Å². The van der Waals surface area contributed by atoms with Gasteiger partial charge in [0.1, 0.15) is 0 Å². The number of esters is 1. The maximum atomic E-state index is 12.7. The van der Waals surface area contributed by atoms with E-state index in [2.05, 4.69) is 5.32 Å². The molecule has 0 spiro atoms. The third-order valence-corrected chi connectivity index (χ3v) is 4.02. The number of nitro benzene ring substituents is 1. The van der Waals surface area contributed by atoms with E-state index in [-0.39, 0.29) is 22.0 Å². The molecule has 1 N–H and O–H groups in total. The average Bonchev–Trinajstić information content (AvgIpc) is 2.67. The SMILES string of the molecule is CC(OC(=O)/C=C/c1cccc(C(F)(F)F)c1)C(=O)Nc1ccc([N+](=O)[O-])cc1Cl. The normalized spacial score (nSPS) is 12.4. The van der Waals surface area contributed by atoms with Crippen LogP contribution in [0.15, 0.2) is 48.5 Å². The second-order valence-electron chi connectivity index (χ2n) is 5.95. The summed E-state index contributed by atoms with van der Waals surface area (Å²) >= 11 is 5.87. The van der Waals surface area contributed by atoms with Gasteiger partial charge in [0.05, 0.1) is 21.2 Å². The van der Waals surface area contributed by atoms with Crippen molar-refractivity contribution in [2.75, 3.05) is 5.32 Å². The molecule has 1 amide bonds. The third kappa shape index (κ3) is 6.31. The molecule has 1 atom stereocenters. The van der Waals surface area contributed by atoms with Crippen LogP contribution in [0.25, 0.3) is 6.08 Å². The zero-order valence-electron chi connectivity index (χ0n) is 15.3. The van der Waals surface area contributed by atoms with Crippen LogP contribution in [0, 0.1) is 10.1 Å². The van der Waals surface area contributed by atoms with Crippen LogP contribution in [-0.2, 0) is 20.5 Å². The highest BCUT2D eigenvalue weighted by atomic mass is 35.5. The summed E-state index contributed by atoms with van der Waals surface area (Å²) in [5.74, 6) is -1.71. The topological polar surface area (TPSA) is 98.5 Å². The molecule has 2 aromatic rings. The van der Waals surface area contributed by atoms with Gasteiger partial charge in [0.25, 0.3) is 11.6 Å². The summed E-state index contributed by atoms with van der Waals surface area (Å²) in [6.45, 7) is 1.27. The minimum absolute atomic E-state index is 0.0784. The second-order valence-corrected chi connectivity index (χ2v) is 6.35. The van der Waals surface area contributed by atoms with Gasteiger partial charge in [0.2, 0.25) is 0 Å². The predicted octanol–water partition coefficient (Wildman–Crippen LogP) is 4.85. The first-order valence-corrected chi connectivity index (χ1v) is 8.66. The summed E-state index contributed by atoms with van der Waals surface area (Å²) in [5.41, 5.74) is -0.936. The molecule has 0 radical (unpaired) electrons. The fourth-order valence-electron chi connectivity index (χ4n) is 2.20. The summed E-state index contributed by atoms with van der Waals surface area (Å²) in [6, 6.07) is 7.72. The molecule has 158 valence electrons. The van der Waals surface area contributed by atoms with E-state index in [9.17, 15) is 32.9 Å². The fraction of sp³-hybridized carbons (Fsp3) is 0.158. The molecule has 0 heterocycles. The Morgan fingerprint density at radius 1 is 1.23 bits per heavy atom. The standard InChI is InChI=1S/C19H14ClF3N2O5/c1-11(18(27)24-16-7-6-14(25(28)29)10-15(16)20)30-17(26)8-5-12-3-2-4-13(9-12)19(21,22)23/h2-11H,1H3,(H,24,27)/b8-5+. The van der Waals surface area contributed by atoms with Gasteiger partial charge in [0.15, 0.2) is 6.10 Å². The lowest BCUT2D eigenvalue weighted by molar-refractivity contribution is -0.384. The fourth-order valence-corrected chi connectivity index (χ4v) is 2.43. The van der Waals surface area contributed by atoms with Crippen LogP contribution in [0.4, 0.5) is 24.5 Å². The minimum Gasteiger partial charge on any atom is -0.449 e. The molecule has 0 fully saturated rings. The Labute approximate surface area is 173 Å². The number of benzene rings is 2. The molecular weight excluding hydrogens is 429 g/mol. The Kier molecular flexibility index (Phi) is 7.17. The number of alkyl halides is 3. The average molecular weight is 443 g/mol. The highest BCUT2D eigenvalue weighted by Gasteiger charge is 2.30. The maximum Gasteiger partial charge on any atom is 0.416 e. The minimum atomic E-state index is -4.52. The zero-order chi connectivity index (χ0) is 22.5. The lowest BCUT2D eigenvalue weighted by Crippen LogP contribution is -2.29. The number of carbonyl (C=O) groups is 2. The van der Waals surface area contributed by atoms with Gasteiger partial charge in [-0.15, -0.1) is 0 Å². The predicted molar refractivity (Wildman–Crippen MR) is 103 cm³/mol. The monoisotopic (exact) mass is 442 g/mol. The molecular formula is C19H14ClF3N2O5. The molecule has 7 nitrogen and oxygen atoms in total. The molecule has 30 heavy (non-hydrogen) atoms. The number of nitrogens with one attached hydrogen (secondary N) is 1. The van der Waals surface area contributed by atoms with E-state index in [1.165, 1.54) is 25.1 Å². The Balaban J connectivity index is 1.98. The summed E-state index contributed by atoms with van der Waals surface area (Å²) < 4.78 is 43.0. The van der Waals surface area contributed by atoms with Crippen LogP contribution < -0.4 is 5.32 Å². The number of nitrogens with zero attached hydrogens (tertiary/aromatic N) is 1. The van der Waals surface area contributed by atoms with Crippen molar-refractivity contribution in [2.24, 2.45) is 0 Å². The van der Waals surface area contributed by atoms with Gasteiger partial charge < -0.3 is 10.1 Å². The van der Waals surface area contributed by atoms with Gasteiger partial charge in [-0.2, -0.15) is 13.2 Å². The first kappa shape index (κ1) is 22.9. The summed E-state index contributed by atoms with van der Waals surface area (Å²) in [5, 5.41) is 13.0. The van der Waals surface area contributed by atoms with Crippen LogP contribution in [-0.4, -0.2) is 22.9 Å². The van der Waals surface area contributed by atoms with Gasteiger partial charge in [0, 0.05) is 18.2 Å². The van der Waals surface area contributed by atoms with Crippen molar-refractivity contribution >= 4 is 40.9 Å². The number of amides is 1. The number of hydrogen-bond donors (Lipinski definition) is 1. The highest BCUT2D eigenvalue weighted by Crippen LogP contribution is 2.30. The highest BCUT2D eigenvalue weighted by molar-refractivity contribution is 6.34. The third-order valence-electron chi connectivity index (χ3n) is 3.71. The largest absolute Gasteiger partial charge is 0.449 e. The van der Waals surface area contributed by atoms with Gasteiger partial charge >= 0.3 is 12.1 Å². The lowest BCUT2D eigenvalue weighted by atomic mass is 10.1. The van der Waals surface area contributed by atoms with E-state index in [1.54, 1.807) is 0 Å². The number of ether oxygens (including phenoxy) is 1. The van der Waals surface area contributed by atoms with Gasteiger partial charge in [-0.05, 0) is 36.8 Å². The Bertz CT molecular complexity index is 1010. The Hall–Kier alpha value is -3.40. The van der Waals surface area contributed by atoms with Crippen molar-refractivity contribution in [3.8, 4) is 0 Å². The Morgan fingerprint density at radius 2 is 1.93 bits per heavy atom. The number of nitro groups is 1. The molecule has 0 aliphatic heterocycles. The van der Waals surface area contributed by atoms with E-state index in [1.807, 2.05) is 0 Å². The van der Waals surface area contributed by atoms with Gasteiger partial charge in [-0.25, -0.2) is 4.79 Å². The van der Waals surface area contributed by atoms with Crippen molar-refractivity contribution < 1.29 is 32.4 Å². The van der Waals surface area contributed by atoms with Crippen LogP contribution >= 0.6 is 11.6 Å². The number of halogens is 4. The van der Waals surface area contributed by atoms with Crippen LogP contribution in [0.5, 0.6) is 0 Å². The number of anilines is 1. The molecule has 2 aromatic carbocycles. The smallest absolute Gasteiger partial charge is 0.416 e. The first-order chi connectivity index (χ1) is 14.0. The van der Waals surface area contributed by atoms with E-state index in [0.717, 1.165) is 36.4 Å². The van der Waals surface area contributed by atoms with Crippen LogP contribution in [0.1, 0.15) is 18.1 Å².